The molecule has 0 fully saturated rings. The molecule has 2 heterocycles. The highest BCUT2D eigenvalue weighted by Crippen LogP contribution is 2.35. The van der Waals surface area contributed by atoms with E-state index < -0.39 is 0 Å². The first-order valence-electron chi connectivity index (χ1n) is 5.38. The van der Waals surface area contributed by atoms with Crippen molar-refractivity contribution in [2.75, 3.05) is 4.90 Å². The van der Waals surface area contributed by atoms with Crippen molar-refractivity contribution in [3.63, 3.8) is 0 Å². The van der Waals surface area contributed by atoms with E-state index in [1.165, 1.54) is 0 Å². The van der Waals surface area contributed by atoms with Crippen molar-refractivity contribution in [2.24, 2.45) is 0 Å². The van der Waals surface area contributed by atoms with Crippen LogP contribution in [0, 0.1) is 0 Å². The Morgan fingerprint density at radius 2 is 1.89 bits per heavy atom. The molecule has 3 rings (SSSR count). The van der Waals surface area contributed by atoms with Gasteiger partial charge in [-0.15, -0.1) is 0 Å². The summed E-state index contributed by atoms with van der Waals surface area (Å²) in [6.45, 7) is 0. The molecule has 0 saturated carbocycles. The maximum absolute atomic E-state index is 12.1. The van der Waals surface area contributed by atoms with E-state index in [0.29, 0.717) is 28.0 Å². The van der Waals surface area contributed by atoms with Crippen LogP contribution in [0.25, 0.3) is 0 Å². The Hall–Kier alpha value is -1.58. The maximum Gasteiger partial charge on any atom is 0.237 e. The van der Waals surface area contributed by atoms with Gasteiger partial charge in [0, 0.05) is 21.8 Å². The molecule has 1 aliphatic heterocycles. The number of rotatable bonds is 1. The minimum absolute atomic E-state index is 0.0259. The van der Waals surface area contributed by atoms with Gasteiger partial charge in [-0.1, -0.05) is 29.3 Å². The standard InChI is InChI=1S/C13H8Cl2N2O/c14-9-5-10(15)7-11(6-9)17-12(18)4-8-2-1-3-16-13(8)17/h1-3,5-7H,4H2. The van der Waals surface area contributed by atoms with Crippen molar-refractivity contribution in [1.29, 1.82) is 0 Å². The molecule has 1 aromatic heterocycles. The molecule has 3 nitrogen and oxygen atoms in total. The highest BCUT2D eigenvalue weighted by molar-refractivity contribution is 6.35. The molecule has 1 amide bonds. The molecule has 18 heavy (non-hydrogen) atoms. The quantitative estimate of drug-likeness (QED) is 0.799. The molecule has 5 heteroatoms. The minimum Gasteiger partial charge on any atom is -0.274 e. The summed E-state index contributed by atoms with van der Waals surface area (Å²) in [4.78, 5) is 17.8. The lowest BCUT2D eigenvalue weighted by atomic mass is 10.2. The zero-order chi connectivity index (χ0) is 12.7. The first-order chi connectivity index (χ1) is 8.65. The summed E-state index contributed by atoms with van der Waals surface area (Å²) in [5.41, 5.74) is 1.56. The molecule has 0 bridgehead atoms. The fourth-order valence-corrected chi connectivity index (χ4v) is 2.58. The molecule has 0 saturated heterocycles. The number of hydrogen-bond donors (Lipinski definition) is 0. The molecule has 0 N–H and O–H groups in total. The van der Waals surface area contributed by atoms with Gasteiger partial charge in [-0.3, -0.25) is 9.69 Å². The number of pyridine rings is 1. The Bertz CT molecular complexity index is 622. The summed E-state index contributed by atoms with van der Waals surface area (Å²) >= 11 is 11.9. The van der Waals surface area contributed by atoms with Crippen LogP contribution in [0.4, 0.5) is 11.5 Å². The predicted molar refractivity (Wildman–Crippen MR) is 71.5 cm³/mol. The highest BCUT2D eigenvalue weighted by atomic mass is 35.5. The number of benzene rings is 1. The van der Waals surface area contributed by atoms with Crippen LogP contribution in [-0.2, 0) is 11.2 Å². The average molecular weight is 279 g/mol. The second-order valence-corrected chi connectivity index (χ2v) is 4.89. The van der Waals surface area contributed by atoms with Gasteiger partial charge < -0.3 is 0 Å². The number of amides is 1. The van der Waals surface area contributed by atoms with E-state index in [1.807, 2.05) is 12.1 Å². The van der Waals surface area contributed by atoms with E-state index >= 15 is 0 Å². The lowest BCUT2D eigenvalue weighted by molar-refractivity contribution is -0.116. The van der Waals surface area contributed by atoms with E-state index in [4.69, 9.17) is 23.2 Å². The van der Waals surface area contributed by atoms with E-state index in [-0.39, 0.29) is 5.91 Å². The van der Waals surface area contributed by atoms with Gasteiger partial charge in [-0.05, 0) is 24.3 Å². The second-order valence-electron chi connectivity index (χ2n) is 4.02. The van der Waals surface area contributed by atoms with Crippen LogP contribution in [0.1, 0.15) is 5.56 Å². The van der Waals surface area contributed by atoms with Gasteiger partial charge in [0.05, 0.1) is 12.1 Å². The number of nitrogens with zero attached hydrogens (tertiary/aromatic N) is 2. The van der Waals surface area contributed by atoms with Gasteiger partial charge in [0.1, 0.15) is 5.82 Å². The van der Waals surface area contributed by atoms with Crippen LogP contribution < -0.4 is 4.90 Å². The monoisotopic (exact) mass is 278 g/mol. The Kier molecular flexibility index (Phi) is 2.73. The largest absolute Gasteiger partial charge is 0.274 e. The van der Waals surface area contributed by atoms with Crippen molar-refractivity contribution in [3.8, 4) is 0 Å². The summed E-state index contributed by atoms with van der Waals surface area (Å²) in [6, 6.07) is 8.75. The predicted octanol–water partition coefficient (Wildman–Crippen LogP) is 3.61. The minimum atomic E-state index is -0.0259. The molecule has 0 unspecified atom stereocenters. The molecule has 2 aromatic rings. The van der Waals surface area contributed by atoms with E-state index in [9.17, 15) is 4.79 Å². The third kappa shape index (κ3) is 1.85. The molecule has 1 aromatic carbocycles. The fourth-order valence-electron chi connectivity index (χ4n) is 2.06. The van der Waals surface area contributed by atoms with E-state index in [0.717, 1.165) is 5.56 Å². The average Bonchev–Trinajstić information content (AvgIpc) is 2.63. The van der Waals surface area contributed by atoms with Gasteiger partial charge in [0.15, 0.2) is 0 Å². The molecule has 1 aliphatic rings. The number of halogens is 2. The van der Waals surface area contributed by atoms with Crippen LogP contribution in [0.3, 0.4) is 0 Å². The Balaban J connectivity index is 2.14. The topological polar surface area (TPSA) is 33.2 Å². The smallest absolute Gasteiger partial charge is 0.237 e. The Morgan fingerprint density at radius 3 is 2.61 bits per heavy atom. The zero-order valence-corrected chi connectivity index (χ0v) is 10.7. The second kappa shape index (κ2) is 4.26. The Morgan fingerprint density at radius 1 is 1.17 bits per heavy atom. The molecular weight excluding hydrogens is 271 g/mol. The maximum atomic E-state index is 12.1. The van der Waals surface area contributed by atoms with Crippen LogP contribution >= 0.6 is 23.2 Å². The van der Waals surface area contributed by atoms with Crippen LogP contribution in [0.2, 0.25) is 10.0 Å². The van der Waals surface area contributed by atoms with Crippen molar-refractivity contribution in [2.45, 2.75) is 6.42 Å². The molecule has 0 spiro atoms. The summed E-state index contributed by atoms with van der Waals surface area (Å²) in [6.07, 6.45) is 2.02. The SMILES string of the molecule is O=C1Cc2cccnc2N1c1cc(Cl)cc(Cl)c1. The van der Waals surface area contributed by atoms with Crippen LogP contribution in [-0.4, -0.2) is 10.9 Å². The number of anilines is 2. The van der Waals surface area contributed by atoms with Gasteiger partial charge in [-0.2, -0.15) is 0 Å². The molecule has 90 valence electrons. The van der Waals surface area contributed by atoms with Gasteiger partial charge in [-0.25, -0.2) is 4.98 Å². The number of carbonyl (C=O) groups is 1. The molecule has 0 radical (unpaired) electrons. The van der Waals surface area contributed by atoms with Crippen LogP contribution in [0.5, 0.6) is 0 Å². The first kappa shape index (κ1) is 11.5. The summed E-state index contributed by atoms with van der Waals surface area (Å²) in [7, 11) is 0. The lowest BCUT2D eigenvalue weighted by Crippen LogP contribution is -2.21. The van der Waals surface area contributed by atoms with E-state index in [2.05, 4.69) is 4.98 Å². The zero-order valence-electron chi connectivity index (χ0n) is 9.23. The van der Waals surface area contributed by atoms with Crippen molar-refractivity contribution < 1.29 is 4.79 Å². The number of aromatic nitrogens is 1. The summed E-state index contributed by atoms with van der Waals surface area (Å²) in [5, 5.41) is 0.990. The van der Waals surface area contributed by atoms with Crippen molar-refractivity contribution in [3.05, 3.63) is 52.1 Å². The van der Waals surface area contributed by atoms with E-state index in [1.54, 1.807) is 29.3 Å². The third-order valence-electron chi connectivity index (χ3n) is 2.78. The summed E-state index contributed by atoms with van der Waals surface area (Å²) < 4.78 is 0. The lowest BCUT2D eigenvalue weighted by Gasteiger charge is -2.16. The number of carbonyl (C=O) groups excluding carboxylic acids is 1. The van der Waals surface area contributed by atoms with Gasteiger partial charge in [0.25, 0.3) is 0 Å². The number of fused-ring (bicyclic) bond motifs is 1. The van der Waals surface area contributed by atoms with Gasteiger partial charge >= 0.3 is 0 Å². The molecular formula is C13H8Cl2N2O. The molecule has 0 aliphatic carbocycles. The van der Waals surface area contributed by atoms with Crippen LogP contribution in [0.15, 0.2) is 36.5 Å². The first-order valence-corrected chi connectivity index (χ1v) is 6.14. The number of hydrogen-bond acceptors (Lipinski definition) is 2. The molecule has 0 atom stereocenters. The van der Waals surface area contributed by atoms with Crippen molar-refractivity contribution in [1.82, 2.24) is 4.98 Å². The summed E-state index contributed by atoms with van der Waals surface area (Å²) in [5.74, 6) is 0.628. The fraction of sp³-hybridized carbons (Fsp3) is 0.0769. The Labute approximate surface area is 114 Å². The highest BCUT2D eigenvalue weighted by Gasteiger charge is 2.29. The van der Waals surface area contributed by atoms with Crippen molar-refractivity contribution >= 4 is 40.6 Å². The van der Waals surface area contributed by atoms with Gasteiger partial charge in [0.2, 0.25) is 5.91 Å². The normalized spacial score (nSPS) is 13.9. The third-order valence-corrected chi connectivity index (χ3v) is 3.21.